The molecule has 0 radical (unpaired) electrons. The van der Waals surface area contributed by atoms with Gasteiger partial charge in [0.2, 0.25) is 5.76 Å². The lowest BCUT2D eigenvalue weighted by Gasteiger charge is -2.57. The molecule has 5 rings (SSSR count). The number of hydrogen-bond acceptors (Lipinski definition) is 5. The summed E-state index contributed by atoms with van der Waals surface area (Å²) in [5.74, 6) is -2.15. The van der Waals surface area contributed by atoms with E-state index < -0.39 is 11.6 Å². The number of carbonyl (C=O) groups is 2. The number of aromatic nitrogens is 1. The number of rotatable bonds is 6. The summed E-state index contributed by atoms with van der Waals surface area (Å²) in [6.45, 7) is 3.54. The Morgan fingerprint density at radius 2 is 1.90 bits per heavy atom. The third kappa shape index (κ3) is 4.26. The molecular formula is C22H25F2N3O4. The molecule has 3 saturated carbocycles. The van der Waals surface area contributed by atoms with Crippen molar-refractivity contribution < 1.29 is 27.6 Å². The highest BCUT2D eigenvalue weighted by molar-refractivity contribution is 5.92. The molecule has 1 aromatic carbocycles. The maximum Gasteiger partial charge on any atom is 0.290 e. The zero-order valence-corrected chi connectivity index (χ0v) is 17.5. The molecule has 1 atom stereocenters. The molecule has 166 valence electrons. The van der Waals surface area contributed by atoms with Gasteiger partial charge in [-0.15, -0.1) is 0 Å². The zero-order valence-electron chi connectivity index (χ0n) is 17.5. The molecule has 3 aliphatic carbocycles. The van der Waals surface area contributed by atoms with Crippen LogP contribution in [-0.4, -0.2) is 34.7 Å². The van der Waals surface area contributed by atoms with E-state index in [0.29, 0.717) is 5.69 Å². The molecular weight excluding hydrogens is 408 g/mol. The number of ether oxygens (including phenoxy) is 1. The van der Waals surface area contributed by atoms with Gasteiger partial charge in [0.25, 0.3) is 11.8 Å². The summed E-state index contributed by atoms with van der Waals surface area (Å²) in [5, 5.41) is 9.99. The highest BCUT2D eigenvalue weighted by Crippen LogP contribution is 2.50. The number of nitrogens with zero attached hydrogens (tertiary/aromatic N) is 1. The van der Waals surface area contributed by atoms with E-state index in [9.17, 15) is 18.4 Å². The fraction of sp³-hybridized carbons (Fsp3) is 0.500. The standard InChI is InChI=1S/C22H25F2N3O4/c1-13-11-21(26-20(29)18-9-14(2)27-31-18)5-7-22(13,8-6-21)25-19(28)12-30-15-3-4-16(23)17(24)10-15/h3-4,9-10,13H,5-8,11-12H2,1-2H3,(H,25,28)(H,26,29). The second-order valence-corrected chi connectivity index (χ2v) is 8.74. The molecule has 2 N–H and O–H groups in total. The van der Waals surface area contributed by atoms with Gasteiger partial charge < -0.3 is 19.9 Å². The molecule has 31 heavy (non-hydrogen) atoms. The van der Waals surface area contributed by atoms with E-state index in [2.05, 4.69) is 22.7 Å². The van der Waals surface area contributed by atoms with E-state index in [1.165, 1.54) is 6.07 Å². The van der Waals surface area contributed by atoms with Gasteiger partial charge in [-0.2, -0.15) is 0 Å². The van der Waals surface area contributed by atoms with Crippen LogP contribution in [-0.2, 0) is 4.79 Å². The van der Waals surface area contributed by atoms with Gasteiger partial charge in [-0.05, 0) is 57.1 Å². The predicted molar refractivity (Wildman–Crippen MR) is 106 cm³/mol. The fourth-order valence-corrected chi connectivity index (χ4v) is 4.88. The number of fused-ring (bicyclic) bond motifs is 3. The Hall–Kier alpha value is -2.97. The van der Waals surface area contributed by atoms with Crippen LogP contribution in [0.15, 0.2) is 28.8 Å². The number of amides is 2. The summed E-state index contributed by atoms with van der Waals surface area (Å²) in [4.78, 5) is 25.1. The van der Waals surface area contributed by atoms with Crippen LogP contribution in [0.4, 0.5) is 8.78 Å². The Bertz CT molecular complexity index is 998. The molecule has 9 heteroatoms. The minimum absolute atomic E-state index is 0.0938. The van der Waals surface area contributed by atoms with Crippen molar-refractivity contribution in [2.45, 2.75) is 57.0 Å². The molecule has 2 bridgehead atoms. The third-order valence-corrected chi connectivity index (χ3v) is 6.62. The van der Waals surface area contributed by atoms with Crippen molar-refractivity contribution >= 4 is 11.8 Å². The number of halogens is 2. The normalized spacial score (nSPS) is 27.0. The van der Waals surface area contributed by atoms with E-state index in [-0.39, 0.29) is 46.9 Å². The second-order valence-electron chi connectivity index (χ2n) is 8.74. The van der Waals surface area contributed by atoms with E-state index in [1.54, 1.807) is 13.0 Å². The van der Waals surface area contributed by atoms with Crippen LogP contribution in [0, 0.1) is 24.5 Å². The van der Waals surface area contributed by atoms with Gasteiger partial charge in [-0.25, -0.2) is 8.78 Å². The van der Waals surface area contributed by atoms with Crippen LogP contribution in [0.5, 0.6) is 5.75 Å². The van der Waals surface area contributed by atoms with Crippen molar-refractivity contribution in [1.82, 2.24) is 15.8 Å². The quantitative estimate of drug-likeness (QED) is 0.729. The third-order valence-electron chi connectivity index (χ3n) is 6.62. The van der Waals surface area contributed by atoms with Crippen LogP contribution < -0.4 is 15.4 Å². The lowest BCUT2D eigenvalue weighted by atomic mass is 9.56. The monoisotopic (exact) mass is 433 g/mol. The van der Waals surface area contributed by atoms with Crippen LogP contribution in [0.3, 0.4) is 0 Å². The number of benzene rings is 1. The summed E-state index contributed by atoms with van der Waals surface area (Å²) in [7, 11) is 0. The van der Waals surface area contributed by atoms with Crippen LogP contribution in [0.25, 0.3) is 0 Å². The zero-order chi connectivity index (χ0) is 22.2. The van der Waals surface area contributed by atoms with Crippen molar-refractivity contribution in [2.24, 2.45) is 5.92 Å². The van der Waals surface area contributed by atoms with Crippen LogP contribution >= 0.6 is 0 Å². The predicted octanol–water partition coefficient (Wildman–Crippen LogP) is 3.28. The summed E-state index contributed by atoms with van der Waals surface area (Å²) < 4.78 is 36.7. The van der Waals surface area contributed by atoms with E-state index >= 15 is 0 Å². The van der Waals surface area contributed by atoms with Gasteiger partial charge in [0.1, 0.15) is 5.75 Å². The fourth-order valence-electron chi connectivity index (χ4n) is 4.88. The minimum atomic E-state index is -1.02. The summed E-state index contributed by atoms with van der Waals surface area (Å²) in [5.41, 5.74) is -0.0501. The lowest BCUT2D eigenvalue weighted by molar-refractivity contribution is -0.128. The lowest BCUT2D eigenvalue weighted by Crippen LogP contribution is -2.67. The molecule has 0 saturated heterocycles. The number of aryl methyl sites for hydroxylation is 1. The Balaban J connectivity index is 1.34. The maximum absolute atomic E-state index is 13.3. The first-order valence-electron chi connectivity index (χ1n) is 10.4. The van der Waals surface area contributed by atoms with Gasteiger partial charge in [-0.3, -0.25) is 9.59 Å². The average molecular weight is 433 g/mol. The molecule has 1 heterocycles. The summed E-state index contributed by atoms with van der Waals surface area (Å²) in [6.07, 6.45) is 3.65. The summed E-state index contributed by atoms with van der Waals surface area (Å²) >= 11 is 0. The van der Waals surface area contributed by atoms with Crippen molar-refractivity contribution in [1.29, 1.82) is 0 Å². The molecule has 0 aliphatic heterocycles. The smallest absolute Gasteiger partial charge is 0.290 e. The maximum atomic E-state index is 13.3. The molecule has 2 aromatic rings. The van der Waals surface area contributed by atoms with Gasteiger partial charge in [0.15, 0.2) is 18.2 Å². The van der Waals surface area contributed by atoms with Gasteiger partial charge in [-0.1, -0.05) is 12.1 Å². The Morgan fingerprint density at radius 3 is 2.52 bits per heavy atom. The van der Waals surface area contributed by atoms with E-state index in [1.807, 2.05) is 0 Å². The van der Waals surface area contributed by atoms with Crippen molar-refractivity contribution in [3.63, 3.8) is 0 Å². The Labute approximate surface area is 178 Å². The van der Waals surface area contributed by atoms with E-state index in [4.69, 9.17) is 9.26 Å². The highest BCUT2D eigenvalue weighted by Gasteiger charge is 2.54. The van der Waals surface area contributed by atoms with Crippen molar-refractivity contribution in [2.75, 3.05) is 6.61 Å². The summed E-state index contributed by atoms with van der Waals surface area (Å²) in [6, 6.07) is 4.76. The Morgan fingerprint density at radius 1 is 1.16 bits per heavy atom. The van der Waals surface area contributed by atoms with E-state index in [0.717, 1.165) is 44.2 Å². The van der Waals surface area contributed by atoms with Gasteiger partial charge in [0, 0.05) is 23.2 Å². The SMILES string of the molecule is Cc1cc(C(=O)NC23CCC(NC(=O)COc4ccc(F)c(F)c4)(CC2)C(C)C3)on1. The van der Waals surface area contributed by atoms with Crippen LogP contribution in [0.2, 0.25) is 0 Å². The number of carbonyl (C=O) groups excluding carboxylic acids is 2. The topological polar surface area (TPSA) is 93.5 Å². The van der Waals surface area contributed by atoms with Crippen molar-refractivity contribution in [3.8, 4) is 5.75 Å². The first-order valence-corrected chi connectivity index (χ1v) is 10.4. The number of hydrogen-bond donors (Lipinski definition) is 2. The number of nitrogens with one attached hydrogen (secondary N) is 2. The van der Waals surface area contributed by atoms with Gasteiger partial charge >= 0.3 is 0 Å². The van der Waals surface area contributed by atoms with Crippen LogP contribution in [0.1, 0.15) is 55.3 Å². The molecule has 1 unspecified atom stereocenters. The average Bonchev–Trinajstić information content (AvgIpc) is 3.17. The molecule has 7 nitrogen and oxygen atoms in total. The molecule has 1 aromatic heterocycles. The molecule has 2 amide bonds. The molecule has 3 aliphatic rings. The Kier molecular flexibility index (Phi) is 5.45. The first kappa shape index (κ1) is 21.3. The van der Waals surface area contributed by atoms with Gasteiger partial charge in [0.05, 0.1) is 5.69 Å². The van der Waals surface area contributed by atoms with Crippen molar-refractivity contribution in [3.05, 3.63) is 47.4 Å². The molecule has 0 spiro atoms. The largest absolute Gasteiger partial charge is 0.484 e. The first-order chi connectivity index (χ1) is 14.7. The molecule has 3 fully saturated rings. The highest BCUT2D eigenvalue weighted by atomic mass is 19.2. The minimum Gasteiger partial charge on any atom is -0.484 e. The second kappa shape index (κ2) is 7.94.